The summed E-state index contributed by atoms with van der Waals surface area (Å²) in [5.41, 5.74) is 0.437. The number of halogens is 4. The monoisotopic (exact) mass is 592 g/mol. The van der Waals surface area contributed by atoms with E-state index in [1.807, 2.05) is 0 Å². The SMILES string of the molecule is COC(=O)C1=CC2[C@H]3C(=O)N(c4cc(Cl)cc(Cl)c4)C(=O)[C@H]3C1[C@@H]1C(=O)N(c3cc(Cl)cc(Cl)c3)C(=O)[C@@H]21. The molecule has 12 heteroatoms. The number of imide groups is 2. The number of hydrogen-bond donors (Lipinski definition) is 0. The minimum atomic E-state index is -1.06. The number of carbonyl (C=O) groups is 5. The molecular formula is C26H16Cl4N2O6. The van der Waals surface area contributed by atoms with Crippen molar-refractivity contribution in [3.05, 3.63) is 68.1 Å². The fourth-order valence-electron chi connectivity index (χ4n) is 6.52. The maximum atomic E-state index is 13.8. The van der Waals surface area contributed by atoms with Crippen molar-refractivity contribution >= 4 is 87.4 Å². The van der Waals surface area contributed by atoms with E-state index >= 15 is 0 Å². The molecule has 0 radical (unpaired) electrons. The van der Waals surface area contributed by atoms with Crippen LogP contribution in [0, 0.1) is 35.5 Å². The Labute approximate surface area is 236 Å². The van der Waals surface area contributed by atoms with Crippen molar-refractivity contribution in [2.75, 3.05) is 16.9 Å². The van der Waals surface area contributed by atoms with Gasteiger partial charge in [-0.2, -0.15) is 0 Å². The number of rotatable bonds is 3. The van der Waals surface area contributed by atoms with E-state index in [2.05, 4.69) is 0 Å². The molecule has 7 rings (SSSR count). The van der Waals surface area contributed by atoms with Crippen LogP contribution in [-0.2, 0) is 28.7 Å². The summed E-state index contributed by atoms with van der Waals surface area (Å²) >= 11 is 24.5. The van der Waals surface area contributed by atoms with Crippen LogP contribution in [0.3, 0.4) is 0 Å². The van der Waals surface area contributed by atoms with E-state index in [9.17, 15) is 24.0 Å². The molecule has 194 valence electrons. The molecule has 8 nitrogen and oxygen atoms in total. The fourth-order valence-corrected chi connectivity index (χ4v) is 7.55. The third-order valence-electron chi connectivity index (χ3n) is 7.76. The first-order chi connectivity index (χ1) is 18.0. The van der Waals surface area contributed by atoms with E-state index in [-0.39, 0.29) is 37.0 Å². The molecule has 38 heavy (non-hydrogen) atoms. The van der Waals surface area contributed by atoms with Gasteiger partial charge in [0.15, 0.2) is 0 Å². The van der Waals surface area contributed by atoms with Gasteiger partial charge in [-0.25, -0.2) is 14.6 Å². The van der Waals surface area contributed by atoms with Gasteiger partial charge in [0.05, 0.1) is 42.2 Å². The Kier molecular flexibility index (Phi) is 5.88. The van der Waals surface area contributed by atoms with E-state index in [1.54, 1.807) is 0 Å². The Hall–Kier alpha value is -2.91. The molecule has 4 amide bonds. The zero-order chi connectivity index (χ0) is 27.2. The van der Waals surface area contributed by atoms with Crippen molar-refractivity contribution in [3.63, 3.8) is 0 Å². The van der Waals surface area contributed by atoms with Gasteiger partial charge >= 0.3 is 5.97 Å². The molecule has 2 heterocycles. The van der Waals surface area contributed by atoms with Crippen LogP contribution < -0.4 is 9.80 Å². The molecule has 0 aromatic heterocycles. The molecule has 5 aliphatic rings. The second-order valence-corrected chi connectivity index (χ2v) is 11.3. The number of amides is 4. The largest absolute Gasteiger partial charge is 0.466 e. The summed E-state index contributed by atoms with van der Waals surface area (Å²) < 4.78 is 4.95. The molecule has 0 spiro atoms. The highest BCUT2D eigenvalue weighted by atomic mass is 35.5. The van der Waals surface area contributed by atoms with Gasteiger partial charge in [-0.05, 0) is 36.4 Å². The van der Waals surface area contributed by atoms with Crippen LogP contribution in [-0.4, -0.2) is 36.7 Å². The first-order valence-electron chi connectivity index (χ1n) is 11.5. The zero-order valence-electron chi connectivity index (χ0n) is 19.4. The number of carbonyl (C=O) groups excluding carboxylic acids is 5. The third-order valence-corrected chi connectivity index (χ3v) is 8.64. The predicted octanol–water partition coefficient (Wildman–Crippen LogP) is 4.57. The average molecular weight is 594 g/mol. The molecule has 2 aliphatic heterocycles. The van der Waals surface area contributed by atoms with Crippen LogP contribution in [0.2, 0.25) is 20.1 Å². The molecule has 2 saturated heterocycles. The minimum absolute atomic E-state index is 0.0965. The van der Waals surface area contributed by atoms with E-state index in [0.717, 1.165) is 9.80 Å². The Balaban J connectivity index is 1.48. The van der Waals surface area contributed by atoms with Gasteiger partial charge < -0.3 is 4.74 Å². The topological polar surface area (TPSA) is 101 Å². The first-order valence-corrected chi connectivity index (χ1v) is 13.0. The summed E-state index contributed by atoms with van der Waals surface area (Å²) in [6.07, 6.45) is 1.51. The number of hydrogen-bond acceptors (Lipinski definition) is 6. The van der Waals surface area contributed by atoms with E-state index < -0.39 is 65.1 Å². The highest BCUT2D eigenvalue weighted by Crippen LogP contribution is 2.61. The lowest BCUT2D eigenvalue weighted by Crippen LogP contribution is -2.53. The molecule has 2 aromatic rings. The van der Waals surface area contributed by atoms with Crippen molar-refractivity contribution < 1.29 is 28.7 Å². The second kappa shape index (κ2) is 8.81. The maximum absolute atomic E-state index is 13.8. The minimum Gasteiger partial charge on any atom is -0.466 e. The molecule has 3 fully saturated rings. The maximum Gasteiger partial charge on any atom is 0.333 e. The summed E-state index contributed by atoms with van der Waals surface area (Å²) in [4.78, 5) is 69.9. The van der Waals surface area contributed by atoms with Crippen molar-refractivity contribution in [2.24, 2.45) is 35.5 Å². The zero-order valence-corrected chi connectivity index (χ0v) is 22.4. The van der Waals surface area contributed by atoms with Crippen molar-refractivity contribution in [1.29, 1.82) is 0 Å². The van der Waals surface area contributed by atoms with Crippen molar-refractivity contribution in [2.45, 2.75) is 0 Å². The number of esters is 1. The fraction of sp³-hybridized carbons (Fsp3) is 0.269. The van der Waals surface area contributed by atoms with E-state index in [4.69, 9.17) is 51.1 Å². The molecular weight excluding hydrogens is 578 g/mol. The lowest BCUT2D eigenvalue weighted by molar-refractivity contribution is -0.145. The quantitative estimate of drug-likeness (QED) is 0.382. The molecule has 3 aliphatic carbocycles. The Morgan fingerprint density at radius 3 is 1.37 bits per heavy atom. The number of anilines is 2. The predicted molar refractivity (Wildman–Crippen MR) is 139 cm³/mol. The van der Waals surface area contributed by atoms with E-state index in [0.29, 0.717) is 0 Å². The number of allylic oxidation sites excluding steroid dienone is 1. The van der Waals surface area contributed by atoms with Crippen molar-refractivity contribution in [3.8, 4) is 0 Å². The third kappa shape index (κ3) is 3.47. The number of ether oxygens (including phenoxy) is 1. The normalized spacial score (nSPS) is 29.6. The number of nitrogens with zero attached hydrogens (tertiary/aromatic N) is 2. The van der Waals surface area contributed by atoms with Gasteiger partial charge in [0.25, 0.3) is 0 Å². The standard InChI is InChI=1S/C26H16Cl4N2O6/c1-38-26(37)16-8-15-18-20(24(35)31(22(18)33)13-4-9(27)2-10(28)5-13)17(16)21-19(15)23(34)32(25(21)36)14-6-11(29)3-12(30)7-14/h2-8,15,17-21H,1H3/t15?,17?,18-,19+,20-,21-/m0/s1. The molecule has 2 aromatic carbocycles. The smallest absolute Gasteiger partial charge is 0.333 e. The summed E-state index contributed by atoms with van der Waals surface area (Å²) in [5.74, 6) is -9.10. The summed E-state index contributed by atoms with van der Waals surface area (Å²) in [6.45, 7) is 0. The Morgan fingerprint density at radius 2 is 1.00 bits per heavy atom. The summed E-state index contributed by atoms with van der Waals surface area (Å²) in [6, 6.07) is 8.64. The average Bonchev–Trinajstić information content (AvgIpc) is 3.28. The van der Waals surface area contributed by atoms with Crippen molar-refractivity contribution in [1.82, 2.24) is 0 Å². The molecule has 1 saturated carbocycles. The Bertz CT molecular complexity index is 1390. The first kappa shape index (κ1) is 25.4. The van der Waals surface area contributed by atoms with Crippen LogP contribution in [0.4, 0.5) is 11.4 Å². The Morgan fingerprint density at radius 1 is 0.632 bits per heavy atom. The molecule has 2 bridgehead atoms. The molecule has 6 atom stereocenters. The second-order valence-electron chi connectivity index (χ2n) is 9.60. The summed E-state index contributed by atoms with van der Waals surface area (Å²) in [7, 11) is 1.18. The van der Waals surface area contributed by atoms with Gasteiger partial charge in [-0.1, -0.05) is 52.5 Å². The van der Waals surface area contributed by atoms with Crippen LogP contribution in [0.5, 0.6) is 0 Å². The van der Waals surface area contributed by atoms with Crippen LogP contribution in [0.1, 0.15) is 0 Å². The van der Waals surface area contributed by atoms with Crippen LogP contribution in [0.15, 0.2) is 48.0 Å². The molecule has 0 N–H and O–H groups in total. The van der Waals surface area contributed by atoms with Gasteiger partial charge in [-0.15, -0.1) is 0 Å². The number of benzene rings is 2. The van der Waals surface area contributed by atoms with Gasteiger partial charge in [-0.3, -0.25) is 19.2 Å². The lowest BCUT2D eigenvalue weighted by Gasteiger charge is -2.46. The lowest BCUT2D eigenvalue weighted by atomic mass is 9.52. The van der Waals surface area contributed by atoms with Gasteiger partial charge in [0, 0.05) is 37.5 Å². The highest BCUT2D eigenvalue weighted by molar-refractivity contribution is 6.37. The van der Waals surface area contributed by atoms with Gasteiger partial charge in [0.1, 0.15) is 0 Å². The van der Waals surface area contributed by atoms with E-state index in [1.165, 1.54) is 49.6 Å². The van der Waals surface area contributed by atoms with Crippen LogP contribution >= 0.6 is 46.4 Å². The molecule has 2 unspecified atom stereocenters. The highest BCUT2D eigenvalue weighted by Gasteiger charge is 2.71. The van der Waals surface area contributed by atoms with Gasteiger partial charge in [0.2, 0.25) is 23.6 Å². The number of methoxy groups -OCH3 is 1. The summed E-state index contributed by atoms with van der Waals surface area (Å²) in [5, 5.41) is 0.879. The van der Waals surface area contributed by atoms with Crippen LogP contribution in [0.25, 0.3) is 0 Å².